The standard InChI is InChI=1S/C12H15NO2/c1-3-6-12(13(14)15)9-11-8-5-4-7-10(11)2/h4-5,7-9H,3,6H2,1-2H3/b12-9+. The summed E-state index contributed by atoms with van der Waals surface area (Å²) in [7, 11) is 0. The molecule has 0 saturated heterocycles. The summed E-state index contributed by atoms with van der Waals surface area (Å²) in [5, 5.41) is 10.7. The Labute approximate surface area is 89.6 Å². The normalized spacial score (nSPS) is 11.5. The maximum Gasteiger partial charge on any atom is 0.246 e. The minimum absolute atomic E-state index is 0.284. The highest BCUT2D eigenvalue weighted by Crippen LogP contribution is 2.15. The molecular formula is C12H15NO2. The molecule has 0 fully saturated rings. The van der Waals surface area contributed by atoms with Crippen LogP contribution in [-0.4, -0.2) is 4.92 Å². The summed E-state index contributed by atoms with van der Waals surface area (Å²) >= 11 is 0. The van der Waals surface area contributed by atoms with E-state index in [1.165, 1.54) is 0 Å². The van der Waals surface area contributed by atoms with E-state index < -0.39 is 0 Å². The van der Waals surface area contributed by atoms with Gasteiger partial charge in [-0.2, -0.15) is 0 Å². The van der Waals surface area contributed by atoms with Crippen molar-refractivity contribution in [1.82, 2.24) is 0 Å². The molecule has 15 heavy (non-hydrogen) atoms. The van der Waals surface area contributed by atoms with Gasteiger partial charge >= 0.3 is 0 Å². The van der Waals surface area contributed by atoms with Gasteiger partial charge in [0, 0.05) is 12.5 Å². The molecule has 0 aromatic heterocycles. The van der Waals surface area contributed by atoms with Crippen LogP contribution in [0.15, 0.2) is 30.0 Å². The Morgan fingerprint density at radius 1 is 1.47 bits per heavy atom. The zero-order valence-corrected chi connectivity index (χ0v) is 9.06. The Hall–Kier alpha value is -1.64. The van der Waals surface area contributed by atoms with Crippen molar-refractivity contribution in [2.45, 2.75) is 26.7 Å². The first-order valence-corrected chi connectivity index (χ1v) is 5.05. The van der Waals surface area contributed by atoms with Crippen molar-refractivity contribution in [2.24, 2.45) is 0 Å². The molecule has 0 atom stereocenters. The van der Waals surface area contributed by atoms with Crippen LogP contribution in [0.2, 0.25) is 0 Å². The minimum Gasteiger partial charge on any atom is -0.259 e. The minimum atomic E-state index is -0.296. The fourth-order valence-corrected chi connectivity index (χ4v) is 1.40. The van der Waals surface area contributed by atoms with E-state index in [2.05, 4.69) is 0 Å². The maximum absolute atomic E-state index is 10.7. The number of rotatable bonds is 4. The number of aryl methyl sites for hydroxylation is 1. The molecule has 0 amide bonds. The second kappa shape index (κ2) is 5.29. The second-order valence-corrected chi connectivity index (χ2v) is 3.50. The van der Waals surface area contributed by atoms with Crippen molar-refractivity contribution >= 4 is 6.08 Å². The summed E-state index contributed by atoms with van der Waals surface area (Å²) in [4.78, 5) is 10.4. The van der Waals surface area contributed by atoms with Crippen LogP contribution in [0.1, 0.15) is 30.9 Å². The van der Waals surface area contributed by atoms with E-state index >= 15 is 0 Å². The maximum atomic E-state index is 10.7. The van der Waals surface area contributed by atoms with Gasteiger partial charge in [0.2, 0.25) is 5.70 Å². The van der Waals surface area contributed by atoms with Crippen LogP contribution in [0.5, 0.6) is 0 Å². The number of allylic oxidation sites excluding steroid dienone is 1. The van der Waals surface area contributed by atoms with Gasteiger partial charge < -0.3 is 0 Å². The topological polar surface area (TPSA) is 43.1 Å². The van der Waals surface area contributed by atoms with Crippen molar-refractivity contribution < 1.29 is 4.92 Å². The molecule has 3 nitrogen and oxygen atoms in total. The van der Waals surface area contributed by atoms with Crippen LogP contribution < -0.4 is 0 Å². The Balaban J connectivity index is 3.02. The van der Waals surface area contributed by atoms with Crippen molar-refractivity contribution in [3.8, 4) is 0 Å². The SMILES string of the molecule is CCC/C(=C\c1ccccc1C)[N+](=O)[O-]. The van der Waals surface area contributed by atoms with Crippen molar-refractivity contribution in [1.29, 1.82) is 0 Å². The summed E-state index contributed by atoms with van der Waals surface area (Å²) in [5.74, 6) is 0. The third kappa shape index (κ3) is 3.20. The zero-order chi connectivity index (χ0) is 11.3. The molecule has 0 heterocycles. The van der Waals surface area contributed by atoms with E-state index in [0.29, 0.717) is 6.42 Å². The number of hydrogen-bond acceptors (Lipinski definition) is 2. The molecule has 0 bridgehead atoms. The van der Waals surface area contributed by atoms with E-state index in [4.69, 9.17) is 0 Å². The predicted molar refractivity (Wildman–Crippen MR) is 61.1 cm³/mol. The molecule has 0 aliphatic carbocycles. The Bertz CT molecular complexity index is 383. The third-order valence-electron chi connectivity index (χ3n) is 2.25. The van der Waals surface area contributed by atoms with Gasteiger partial charge in [0.05, 0.1) is 4.92 Å². The Morgan fingerprint density at radius 2 is 2.13 bits per heavy atom. The zero-order valence-electron chi connectivity index (χ0n) is 9.06. The average Bonchev–Trinajstić information content (AvgIpc) is 2.20. The number of nitrogens with zero attached hydrogens (tertiary/aromatic N) is 1. The Morgan fingerprint density at radius 3 is 2.67 bits per heavy atom. The molecule has 1 aromatic rings. The molecule has 0 aliphatic rings. The molecule has 0 radical (unpaired) electrons. The fourth-order valence-electron chi connectivity index (χ4n) is 1.40. The third-order valence-corrected chi connectivity index (χ3v) is 2.25. The lowest BCUT2D eigenvalue weighted by atomic mass is 10.1. The van der Waals surface area contributed by atoms with Crippen molar-refractivity contribution in [3.05, 3.63) is 51.2 Å². The number of nitro groups is 1. The van der Waals surface area contributed by atoms with E-state index in [0.717, 1.165) is 17.5 Å². The summed E-state index contributed by atoms with van der Waals surface area (Å²) in [6.07, 6.45) is 2.97. The van der Waals surface area contributed by atoms with Crippen molar-refractivity contribution in [3.63, 3.8) is 0 Å². The van der Waals surface area contributed by atoms with Gasteiger partial charge in [-0.05, 0) is 24.5 Å². The van der Waals surface area contributed by atoms with E-state index in [9.17, 15) is 10.1 Å². The first kappa shape index (κ1) is 11.4. The van der Waals surface area contributed by atoms with Gasteiger partial charge in [-0.15, -0.1) is 0 Å². The van der Waals surface area contributed by atoms with Gasteiger partial charge in [0.1, 0.15) is 0 Å². The van der Waals surface area contributed by atoms with Crippen LogP contribution in [0, 0.1) is 17.0 Å². The van der Waals surface area contributed by atoms with Gasteiger partial charge in [-0.3, -0.25) is 10.1 Å². The van der Waals surface area contributed by atoms with Gasteiger partial charge in [0.15, 0.2) is 0 Å². The van der Waals surface area contributed by atoms with Gasteiger partial charge in [0.25, 0.3) is 0 Å². The highest BCUT2D eigenvalue weighted by Gasteiger charge is 2.09. The van der Waals surface area contributed by atoms with Crippen molar-refractivity contribution in [2.75, 3.05) is 0 Å². The summed E-state index contributed by atoms with van der Waals surface area (Å²) in [5.41, 5.74) is 2.28. The molecule has 0 saturated carbocycles. The van der Waals surface area contributed by atoms with Gasteiger partial charge in [-0.1, -0.05) is 31.2 Å². The monoisotopic (exact) mass is 205 g/mol. The van der Waals surface area contributed by atoms with E-state index in [1.54, 1.807) is 6.08 Å². The molecule has 1 aromatic carbocycles. The summed E-state index contributed by atoms with van der Waals surface area (Å²) < 4.78 is 0. The van der Waals surface area contributed by atoms with E-state index in [1.807, 2.05) is 38.1 Å². The lowest BCUT2D eigenvalue weighted by Gasteiger charge is -2.00. The number of benzene rings is 1. The molecule has 80 valence electrons. The van der Waals surface area contributed by atoms with Crippen LogP contribution in [-0.2, 0) is 0 Å². The predicted octanol–water partition coefficient (Wildman–Crippen LogP) is 3.41. The molecule has 0 aliphatic heterocycles. The molecule has 0 spiro atoms. The molecule has 1 rings (SSSR count). The molecule has 3 heteroatoms. The van der Waals surface area contributed by atoms with Crippen LogP contribution >= 0.6 is 0 Å². The molecular weight excluding hydrogens is 190 g/mol. The number of hydrogen-bond donors (Lipinski definition) is 0. The smallest absolute Gasteiger partial charge is 0.246 e. The highest BCUT2D eigenvalue weighted by atomic mass is 16.6. The average molecular weight is 205 g/mol. The van der Waals surface area contributed by atoms with Crippen LogP contribution in [0.4, 0.5) is 0 Å². The fraction of sp³-hybridized carbons (Fsp3) is 0.333. The quantitative estimate of drug-likeness (QED) is 0.558. The first-order chi connectivity index (χ1) is 7.15. The van der Waals surface area contributed by atoms with Crippen LogP contribution in [0.3, 0.4) is 0 Å². The lowest BCUT2D eigenvalue weighted by molar-refractivity contribution is -0.426. The first-order valence-electron chi connectivity index (χ1n) is 5.05. The van der Waals surface area contributed by atoms with Crippen LogP contribution in [0.25, 0.3) is 6.08 Å². The summed E-state index contributed by atoms with van der Waals surface area (Å²) in [6, 6.07) is 7.67. The molecule has 0 unspecified atom stereocenters. The largest absolute Gasteiger partial charge is 0.259 e. The second-order valence-electron chi connectivity index (χ2n) is 3.50. The Kier molecular flexibility index (Phi) is 4.03. The lowest BCUT2D eigenvalue weighted by Crippen LogP contribution is -1.98. The molecule has 0 N–H and O–H groups in total. The highest BCUT2D eigenvalue weighted by molar-refractivity contribution is 5.54. The van der Waals surface area contributed by atoms with E-state index in [-0.39, 0.29) is 10.6 Å². The van der Waals surface area contributed by atoms with Gasteiger partial charge in [-0.25, -0.2) is 0 Å². The summed E-state index contributed by atoms with van der Waals surface area (Å²) in [6.45, 7) is 3.89.